The average Bonchev–Trinajstić information content (AvgIpc) is 3.65. The molecule has 1 fully saturated rings. The van der Waals surface area contributed by atoms with Crippen molar-refractivity contribution in [3.8, 4) is 0 Å². The average molecular weight is 789 g/mol. The Labute approximate surface area is 324 Å². The third kappa shape index (κ3) is 16.2. The first-order chi connectivity index (χ1) is 26.5. The fraction of sp³-hybridized carbons (Fsp3) is 0.571. The van der Waals surface area contributed by atoms with Gasteiger partial charge in [-0.2, -0.15) is 0 Å². The van der Waals surface area contributed by atoms with Gasteiger partial charge in [-0.25, -0.2) is 4.79 Å². The third-order valence-electron chi connectivity index (χ3n) is 8.61. The van der Waals surface area contributed by atoms with Gasteiger partial charge in [-0.15, -0.1) is 0 Å². The van der Waals surface area contributed by atoms with Crippen LogP contribution in [0.4, 0.5) is 0 Å². The molecule has 1 aromatic rings. The Morgan fingerprint density at radius 3 is 1.88 bits per heavy atom. The molecule has 21 heteroatoms. The Balaban J connectivity index is 2.15. The van der Waals surface area contributed by atoms with E-state index in [1.165, 1.54) is 4.90 Å². The highest BCUT2D eigenvalue weighted by Gasteiger charge is 2.37. The van der Waals surface area contributed by atoms with Crippen molar-refractivity contribution in [2.45, 2.75) is 89.0 Å². The van der Waals surface area contributed by atoms with Crippen molar-refractivity contribution in [1.82, 2.24) is 31.5 Å². The van der Waals surface area contributed by atoms with Crippen molar-refractivity contribution in [3.05, 3.63) is 35.9 Å². The van der Waals surface area contributed by atoms with Crippen molar-refractivity contribution in [3.63, 3.8) is 0 Å². The smallest absolute Gasteiger partial charge is 0.326 e. The van der Waals surface area contributed by atoms with Crippen LogP contribution < -0.4 is 49.5 Å². The van der Waals surface area contributed by atoms with Crippen molar-refractivity contribution < 1.29 is 43.8 Å². The molecule has 2 rings (SSSR count). The number of aliphatic hydroxyl groups is 1. The van der Waals surface area contributed by atoms with Gasteiger partial charge in [0.25, 0.3) is 5.91 Å². The zero-order chi connectivity index (χ0) is 41.8. The van der Waals surface area contributed by atoms with E-state index < -0.39 is 78.2 Å². The van der Waals surface area contributed by atoms with E-state index in [1.807, 2.05) is 0 Å². The highest BCUT2D eigenvalue weighted by atomic mass is 16.4. The molecule has 0 bridgehead atoms. The van der Waals surface area contributed by atoms with Gasteiger partial charge in [-0.05, 0) is 63.0 Å². The number of amides is 6. The molecule has 0 spiro atoms. The predicted molar refractivity (Wildman–Crippen MR) is 205 cm³/mol. The molecule has 0 aliphatic carbocycles. The summed E-state index contributed by atoms with van der Waals surface area (Å²) in [5, 5.41) is 32.3. The molecule has 0 aromatic heterocycles. The molecule has 15 N–H and O–H groups in total. The Kier molecular flexibility index (Phi) is 19.6. The van der Waals surface area contributed by atoms with E-state index >= 15 is 0 Å². The fourth-order valence-electron chi connectivity index (χ4n) is 5.80. The highest BCUT2D eigenvalue weighted by Crippen LogP contribution is 2.18. The summed E-state index contributed by atoms with van der Waals surface area (Å²) < 4.78 is 0. The van der Waals surface area contributed by atoms with Gasteiger partial charge in [0.1, 0.15) is 30.2 Å². The van der Waals surface area contributed by atoms with Crippen molar-refractivity contribution >= 4 is 53.3 Å². The first-order valence-corrected chi connectivity index (χ1v) is 18.3. The fourth-order valence-corrected chi connectivity index (χ4v) is 5.80. The molecule has 0 saturated carbocycles. The van der Waals surface area contributed by atoms with Crippen molar-refractivity contribution in [2.24, 2.45) is 38.8 Å². The number of hydrogen-bond acceptors (Lipinski definition) is 10. The van der Waals surface area contributed by atoms with Crippen LogP contribution in [0.15, 0.2) is 40.3 Å². The van der Waals surface area contributed by atoms with Crippen LogP contribution in [-0.2, 0) is 28.8 Å². The number of carboxylic acid groups (broad SMARTS) is 1. The summed E-state index contributed by atoms with van der Waals surface area (Å²) in [6.45, 7) is 2.76. The number of benzene rings is 1. The Morgan fingerprint density at radius 1 is 0.786 bits per heavy atom. The van der Waals surface area contributed by atoms with Crippen LogP contribution in [0.3, 0.4) is 0 Å². The van der Waals surface area contributed by atoms with Gasteiger partial charge in [0.15, 0.2) is 11.9 Å². The van der Waals surface area contributed by atoms with Gasteiger partial charge in [0, 0.05) is 25.2 Å². The molecular formula is C35H56N12O9. The largest absolute Gasteiger partial charge is 0.480 e. The van der Waals surface area contributed by atoms with Gasteiger partial charge in [-0.1, -0.05) is 32.0 Å². The zero-order valence-electron chi connectivity index (χ0n) is 31.7. The summed E-state index contributed by atoms with van der Waals surface area (Å²) in [5.74, 6) is -6.04. The number of aliphatic carboxylic acids is 1. The number of likely N-dealkylation sites (tertiary alicyclic amines) is 1. The molecule has 1 aliphatic heterocycles. The summed E-state index contributed by atoms with van der Waals surface area (Å²) in [7, 11) is 0. The summed E-state index contributed by atoms with van der Waals surface area (Å²) in [5.41, 5.74) is 21.8. The number of rotatable bonds is 23. The molecule has 56 heavy (non-hydrogen) atoms. The number of carbonyl (C=O) groups is 7. The highest BCUT2D eigenvalue weighted by molar-refractivity contribution is 5.98. The first-order valence-electron chi connectivity index (χ1n) is 18.3. The van der Waals surface area contributed by atoms with E-state index in [0.717, 1.165) is 0 Å². The van der Waals surface area contributed by atoms with Crippen LogP contribution in [0.1, 0.15) is 69.2 Å². The second-order valence-corrected chi connectivity index (χ2v) is 13.6. The van der Waals surface area contributed by atoms with Crippen LogP contribution >= 0.6 is 0 Å². The van der Waals surface area contributed by atoms with E-state index in [-0.39, 0.29) is 82.5 Å². The molecule has 310 valence electrons. The number of nitrogens with two attached hydrogens (primary N) is 4. The molecular weight excluding hydrogens is 732 g/mol. The number of nitrogens with zero attached hydrogens (tertiary/aromatic N) is 3. The molecule has 1 aliphatic rings. The summed E-state index contributed by atoms with van der Waals surface area (Å²) in [6, 6.07) is 1.90. The maximum Gasteiger partial charge on any atom is 0.326 e. The van der Waals surface area contributed by atoms with E-state index in [4.69, 9.17) is 22.9 Å². The number of aliphatic imine (C=N–C) groups is 2. The number of hydrogen-bond donors (Lipinski definition) is 11. The second kappa shape index (κ2) is 23.7. The minimum Gasteiger partial charge on any atom is -0.480 e. The summed E-state index contributed by atoms with van der Waals surface area (Å²) >= 11 is 0. The van der Waals surface area contributed by atoms with Crippen LogP contribution in [-0.4, -0.2) is 131 Å². The maximum absolute atomic E-state index is 13.6. The van der Waals surface area contributed by atoms with E-state index in [2.05, 4.69) is 36.6 Å². The van der Waals surface area contributed by atoms with Crippen molar-refractivity contribution in [1.29, 1.82) is 0 Å². The van der Waals surface area contributed by atoms with Gasteiger partial charge >= 0.3 is 5.97 Å². The van der Waals surface area contributed by atoms with E-state index in [9.17, 15) is 43.8 Å². The minimum absolute atomic E-state index is 0.0105. The SMILES string of the molecule is CC(C)C[C@H](NC(=O)[C@H](CO)NC(=O)[C@H](CCCN=C(N)N)NC(=O)[C@@H]1CCCN1C(=O)CNC(=O)c1ccccc1)C(=O)N[C@@H](CCCN=C(N)N)C(=O)O. The lowest BCUT2D eigenvalue weighted by Gasteiger charge is -2.28. The second-order valence-electron chi connectivity index (χ2n) is 13.6. The minimum atomic E-state index is -1.59. The number of carbonyl (C=O) groups excluding carboxylic acids is 6. The normalized spacial score (nSPS) is 15.6. The lowest BCUT2D eigenvalue weighted by Crippen LogP contribution is -2.59. The Morgan fingerprint density at radius 2 is 1.32 bits per heavy atom. The number of guanidine groups is 2. The lowest BCUT2D eigenvalue weighted by molar-refractivity contribution is -0.142. The van der Waals surface area contributed by atoms with Gasteiger partial charge in [0.2, 0.25) is 29.5 Å². The molecule has 21 nitrogen and oxygen atoms in total. The van der Waals surface area contributed by atoms with Crippen LogP contribution in [0, 0.1) is 5.92 Å². The first kappa shape index (κ1) is 46.2. The topological polar surface area (TPSA) is 352 Å². The summed E-state index contributed by atoms with van der Waals surface area (Å²) in [6.07, 6.45) is 1.27. The molecule has 0 unspecified atom stereocenters. The summed E-state index contributed by atoms with van der Waals surface area (Å²) in [4.78, 5) is 100. The van der Waals surface area contributed by atoms with Crippen LogP contribution in [0.25, 0.3) is 0 Å². The van der Waals surface area contributed by atoms with Crippen LogP contribution in [0.5, 0.6) is 0 Å². The molecule has 5 atom stereocenters. The molecule has 1 aromatic carbocycles. The third-order valence-corrected chi connectivity index (χ3v) is 8.61. The van der Waals surface area contributed by atoms with Gasteiger partial charge in [0.05, 0.1) is 13.2 Å². The Hall–Kier alpha value is -5.99. The van der Waals surface area contributed by atoms with Gasteiger partial charge < -0.3 is 64.6 Å². The predicted octanol–water partition coefficient (Wildman–Crippen LogP) is -3.42. The molecule has 6 amide bonds. The number of nitrogens with one attached hydrogen (secondary N) is 5. The van der Waals surface area contributed by atoms with Crippen LogP contribution in [0.2, 0.25) is 0 Å². The van der Waals surface area contributed by atoms with E-state index in [0.29, 0.717) is 12.0 Å². The number of aliphatic hydroxyl groups excluding tert-OH is 1. The maximum atomic E-state index is 13.6. The standard InChI is InChI=1S/C35H56N12O9/c1-20(2)17-24(30(52)44-23(33(55)56)12-7-15-41-35(38)39)45-31(53)25(19-48)46-29(51)22(11-6-14-40-34(36)37)43-32(54)26-13-8-16-47(26)27(49)18-42-28(50)21-9-4-3-5-10-21/h3-5,9-10,20,22-26,48H,6-8,11-19H2,1-2H3,(H,42,50)(H,43,54)(H,44,52)(H,45,53)(H,46,51)(H,55,56)(H4,36,37,40)(H4,38,39,41)/t22-,23-,24-,25-,26-/m0/s1. The van der Waals surface area contributed by atoms with E-state index in [1.54, 1.807) is 44.2 Å². The van der Waals surface area contributed by atoms with Gasteiger partial charge in [-0.3, -0.25) is 38.8 Å². The molecule has 0 radical (unpaired) electrons. The number of carboxylic acids is 1. The lowest BCUT2D eigenvalue weighted by atomic mass is 10.0. The monoisotopic (exact) mass is 788 g/mol. The molecule has 1 saturated heterocycles. The van der Waals surface area contributed by atoms with Crippen molar-refractivity contribution in [2.75, 3.05) is 32.8 Å². The molecule has 1 heterocycles. The zero-order valence-corrected chi connectivity index (χ0v) is 31.7. The Bertz CT molecular complexity index is 1570. The quantitative estimate of drug-likeness (QED) is 0.0293.